The molecule has 0 aromatic heterocycles. The van der Waals surface area contributed by atoms with Crippen molar-refractivity contribution < 1.29 is 31.9 Å². The second-order valence-electron chi connectivity index (χ2n) is 1.86. The monoisotopic (exact) mass is 166 g/mol. The zero-order valence-corrected chi connectivity index (χ0v) is 7.20. The van der Waals surface area contributed by atoms with Gasteiger partial charge in [0, 0.05) is 34.9 Å². The van der Waals surface area contributed by atoms with Crippen molar-refractivity contribution in [1.29, 1.82) is 0 Å². The number of aliphatic hydroxyl groups excluding tert-OH is 2. The SMILES string of the molecule is OCCCCCCO.[Ti]. The molecule has 54 valence electrons. The van der Waals surface area contributed by atoms with Crippen LogP contribution in [0, 0.1) is 0 Å². The molecule has 0 fully saturated rings. The van der Waals surface area contributed by atoms with E-state index >= 15 is 0 Å². The molecule has 0 saturated heterocycles. The standard InChI is InChI=1S/C6H14O2.Ti/c7-5-3-1-2-4-6-8;/h7-8H,1-6H2;. The molecule has 2 nitrogen and oxygen atoms in total. The summed E-state index contributed by atoms with van der Waals surface area (Å²) in [5.41, 5.74) is 0. The van der Waals surface area contributed by atoms with Gasteiger partial charge >= 0.3 is 0 Å². The summed E-state index contributed by atoms with van der Waals surface area (Å²) in [6.07, 6.45) is 3.83. The number of rotatable bonds is 5. The number of unbranched alkanes of at least 4 members (excludes halogenated alkanes) is 3. The van der Waals surface area contributed by atoms with E-state index in [1.54, 1.807) is 0 Å². The molecule has 0 radical (unpaired) electrons. The predicted molar refractivity (Wildman–Crippen MR) is 32.6 cm³/mol. The van der Waals surface area contributed by atoms with E-state index in [0.717, 1.165) is 25.7 Å². The van der Waals surface area contributed by atoms with Crippen molar-refractivity contribution in [2.75, 3.05) is 13.2 Å². The molecule has 0 amide bonds. The maximum atomic E-state index is 8.30. The maximum absolute atomic E-state index is 8.30. The first-order valence-corrected chi connectivity index (χ1v) is 3.13. The van der Waals surface area contributed by atoms with E-state index in [2.05, 4.69) is 0 Å². The summed E-state index contributed by atoms with van der Waals surface area (Å²) in [6.45, 7) is 0.566. The average molecular weight is 166 g/mol. The van der Waals surface area contributed by atoms with Gasteiger partial charge in [-0.05, 0) is 12.8 Å². The van der Waals surface area contributed by atoms with Gasteiger partial charge in [0.15, 0.2) is 0 Å². The fourth-order valence-corrected chi connectivity index (χ4v) is 0.577. The Morgan fingerprint density at radius 1 is 0.667 bits per heavy atom. The molecule has 0 spiro atoms. The van der Waals surface area contributed by atoms with E-state index in [1.807, 2.05) is 0 Å². The van der Waals surface area contributed by atoms with Crippen LogP contribution < -0.4 is 0 Å². The summed E-state index contributed by atoms with van der Waals surface area (Å²) < 4.78 is 0. The normalized spacial score (nSPS) is 8.67. The first-order valence-electron chi connectivity index (χ1n) is 3.13. The smallest absolute Gasteiger partial charge is 0.0431 e. The third-order valence-electron chi connectivity index (χ3n) is 1.07. The van der Waals surface area contributed by atoms with Gasteiger partial charge in [-0.2, -0.15) is 0 Å². The van der Waals surface area contributed by atoms with E-state index in [-0.39, 0.29) is 34.9 Å². The van der Waals surface area contributed by atoms with E-state index in [9.17, 15) is 0 Å². The summed E-state index contributed by atoms with van der Waals surface area (Å²) in [5.74, 6) is 0. The summed E-state index contributed by atoms with van der Waals surface area (Å²) in [6, 6.07) is 0. The molecule has 0 atom stereocenters. The molecule has 0 rings (SSSR count). The van der Waals surface area contributed by atoms with Crippen LogP contribution in [-0.4, -0.2) is 23.4 Å². The van der Waals surface area contributed by atoms with Gasteiger partial charge in [-0.25, -0.2) is 0 Å². The molecule has 0 unspecified atom stereocenters. The summed E-state index contributed by atoms with van der Waals surface area (Å²) in [4.78, 5) is 0. The van der Waals surface area contributed by atoms with Crippen LogP contribution in [0.15, 0.2) is 0 Å². The molecule has 3 heteroatoms. The second kappa shape index (κ2) is 11.4. The number of hydrogen-bond acceptors (Lipinski definition) is 2. The minimum atomic E-state index is 0. The molecular formula is C6H14O2Ti. The fraction of sp³-hybridized carbons (Fsp3) is 1.00. The van der Waals surface area contributed by atoms with E-state index in [0.29, 0.717) is 0 Å². The van der Waals surface area contributed by atoms with Crippen LogP contribution in [0.25, 0.3) is 0 Å². The van der Waals surface area contributed by atoms with Gasteiger partial charge in [0.2, 0.25) is 0 Å². The molecule has 0 heterocycles. The van der Waals surface area contributed by atoms with Crippen LogP contribution in [0.2, 0.25) is 0 Å². The third-order valence-corrected chi connectivity index (χ3v) is 1.07. The Hall–Kier alpha value is 0.634. The van der Waals surface area contributed by atoms with Gasteiger partial charge in [0.05, 0.1) is 0 Å². The van der Waals surface area contributed by atoms with Gasteiger partial charge in [-0.3, -0.25) is 0 Å². The third kappa shape index (κ3) is 12.0. The van der Waals surface area contributed by atoms with Gasteiger partial charge in [-0.1, -0.05) is 12.8 Å². The van der Waals surface area contributed by atoms with Crippen LogP contribution in [-0.2, 0) is 21.7 Å². The van der Waals surface area contributed by atoms with Crippen molar-refractivity contribution in [3.8, 4) is 0 Å². The molecule has 0 aliphatic rings. The second-order valence-corrected chi connectivity index (χ2v) is 1.86. The minimum Gasteiger partial charge on any atom is -0.396 e. The zero-order chi connectivity index (χ0) is 6.24. The Morgan fingerprint density at radius 3 is 1.22 bits per heavy atom. The van der Waals surface area contributed by atoms with Gasteiger partial charge < -0.3 is 10.2 Å². The average Bonchev–Trinajstić information content (AvgIpc) is 1.81. The van der Waals surface area contributed by atoms with Gasteiger partial charge in [0.25, 0.3) is 0 Å². The Morgan fingerprint density at radius 2 is 1.00 bits per heavy atom. The van der Waals surface area contributed by atoms with Crippen LogP contribution in [0.5, 0.6) is 0 Å². The van der Waals surface area contributed by atoms with Crippen LogP contribution in [0.1, 0.15) is 25.7 Å². The molecule has 0 bridgehead atoms. The van der Waals surface area contributed by atoms with Crippen molar-refractivity contribution in [1.82, 2.24) is 0 Å². The molecule has 0 aromatic carbocycles. The van der Waals surface area contributed by atoms with Crippen molar-refractivity contribution >= 4 is 0 Å². The van der Waals surface area contributed by atoms with Gasteiger partial charge in [0.1, 0.15) is 0 Å². The Bertz CT molecular complexity index is 36.0. The van der Waals surface area contributed by atoms with Crippen LogP contribution in [0.3, 0.4) is 0 Å². The fourth-order valence-electron chi connectivity index (χ4n) is 0.577. The topological polar surface area (TPSA) is 40.5 Å². The largest absolute Gasteiger partial charge is 0.396 e. The maximum Gasteiger partial charge on any atom is 0.0431 e. The molecule has 9 heavy (non-hydrogen) atoms. The summed E-state index contributed by atoms with van der Waals surface area (Å²) in [5, 5.41) is 16.6. The zero-order valence-electron chi connectivity index (χ0n) is 5.64. The quantitative estimate of drug-likeness (QED) is 0.462. The molecule has 0 aromatic rings. The van der Waals surface area contributed by atoms with Crippen molar-refractivity contribution in [2.24, 2.45) is 0 Å². The van der Waals surface area contributed by atoms with E-state index in [1.165, 1.54) is 0 Å². The Labute approximate surface area is 71.2 Å². The summed E-state index contributed by atoms with van der Waals surface area (Å²) >= 11 is 0. The van der Waals surface area contributed by atoms with E-state index < -0.39 is 0 Å². The van der Waals surface area contributed by atoms with Crippen LogP contribution in [0.4, 0.5) is 0 Å². The molecule has 0 aliphatic heterocycles. The molecule has 0 saturated carbocycles. The first-order chi connectivity index (χ1) is 3.91. The molecule has 0 aliphatic carbocycles. The van der Waals surface area contributed by atoms with Crippen molar-refractivity contribution in [3.63, 3.8) is 0 Å². The van der Waals surface area contributed by atoms with Crippen molar-refractivity contribution in [2.45, 2.75) is 25.7 Å². The van der Waals surface area contributed by atoms with Crippen molar-refractivity contribution in [3.05, 3.63) is 0 Å². The number of aliphatic hydroxyl groups is 2. The Kier molecular flexibility index (Phi) is 15.7. The van der Waals surface area contributed by atoms with Gasteiger partial charge in [-0.15, -0.1) is 0 Å². The number of hydrogen-bond donors (Lipinski definition) is 2. The Balaban J connectivity index is 0. The molecule has 2 N–H and O–H groups in total. The first kappa shape index (κ1) is 12.3. The van der Waals surface area contributed by atoms with E-state index in [4.69, 9.17) is 10.2 Å². The molecular weight excluding hydrogens is 152 g/mol. The minimum absolute atomic E-state index is 0. The van der Waals surface area contributed by atoms with Crippen LogP contribution >= 0.6 is 0 Å². The summed E-state index contributed by atoms with van der Waals surface area (Å²) in [7, 11) is 0. The predicted octanol–water partition coefficient (Wildman–Crippen LogP) is 0.529.